The molecule has 1 atom stereocenters. The molecule has 1 aliphatic heterocycles. The number of nitriles is 1. The standard InChI is InChI=1S/C12H11BBrClN4/c14-10-11(8-2-1-4-13(6-8)7-16)18-9-3-5-17-19(9)12(10)15/h3,5,8H,1-2,4,6H2. The van der Waals surface area contributed by atoms with Crippen molar-refractivity contribution < 1.29 is 0 Å². The number of rotatable bonds is 1. The van der Waals surface area contributed by atoms with E-state index < -0.39 is 0 Å². The molecule has 2 aromatic heterocycles. The van der Waals surface area contributed by atoms with E-state index in [2.05, 4.69) is 32.0 Å². The second-order valence-corrected chi connectivity index (χ2v) is 6.04. The molecule has 4 nitrogen and oxygen atoms in total. The van der Waals surface area contributed by atoms with E-state index in [-0.39, 0.29) is 6.71 Å². The second-order valence-electron chi connectivity index (χ2n) is 4.89. The summed E-state index contributed by atoms with van der Waals surface area (Å²) in [5.74, 6) is 2.67. The maximum atomic E-state index is 9.10. The summed E-state index contributed by atoms with van der Waals surface area (Å²) in [6.45, 7) is 0.132. The third kappa shape index (κ3) is 2.26. The lowest BCUT2D eigenvalue weighted by molar-refractivity contribution is 0.611. The van der Waals surface area contributed by atoms with Gasteiger partial charge < -0.3 is 0 Å². The Bertz CT molecular complexity index is 666. The van der Waals surface area contributed by atoms with Gasteiger partial charge >= 0.3 is 0 Å². The van der Waals surface area contributed by atoms with Crippen molar-refractivity contribution >= 4 is 39.9 Å². The van der Waals surface area contributed by atoms with E-state index >= 15 is 0 Å². The van der Waals surface area contributed by atoms with E-state index in [0.29, 0.717) is 11.1 Å². The largest absolute Gasteiger partial charge is 0.268 e. The van der Waals surface area contributed by atoms with E-state index in [1.54, 1.807) is 10.7 Å². The number of hydrogen-bond donors (Lipinski definition) is 0. The minimum Gasteiger partial charge on any atom is -0.232 e. The summed E-state index contributed by atoms with van der Waals surface area (Å²) in [6.07, 6.45) is 5.67. The van der Waals surface area contributed by atoms with Crippen LogP contribution in [0.3, 0.4) is 0 Å². The van der Waals surface area contributed by atoms with Crippen LogP contribution in [0.2, 0.25) is 17.8 Å². The maximum absolute atomic E-state index is 9.10. The number of hydrogen-bond acceptors (Lipinski definition) is 3. The van der Waals surface area contributed by atoms with Crippen LogP contribution in [0.5, 0.6) is 0 Å². The summed E-state index contributed by atoms with van der Waals surface area (Å²) < 4.78 is 2.41. The molecule has 96 valence electrons. The van der Waals surface area contributed by atoms with Gasteiger partial charge in [-0.25, -0.2) is 14.8 Å². The van der Waals surface area contributed by atoms with E-state index in [0.717, 1.165) is 41.3 Å². The van der Waals surface area contributed by atoms with Crippen LogP contribution in [0.1, 0.15) is 24.5 Å². The zero-order valence-electron chi connectivity index (χ0n) is 10.2. The Morgan fingerprint density at radius 3 is 3.21 bits per heavy atom. The van der Waals surface area contributed by atoms with Gasteiger partial charge in [0.15, 0.2) is 5.65 Å². The van der Waals surface area contributed by atoms with Crippen molar-refractivity contribution in [3.05, 3.63) is 27.6 Å². The normalized spacial score (nSPS) is 19.6. The molecule has 1 saturated heterocycles. The summed E-state index contributed by atoms with van der Waals surface area (Å²) >= 11 is 9.84. The van der Waals surface area contributed by atoms with Gasteiger partial charge in [-0.2, -0.15) is 5.10 Å². The van der Waals surface area contributed by atoms with Crippen LogP contribution in [0.25, 0.3) is 5.65 Å². The predicted octanol–water partition coefficient (Wildman–Crippen LogP) is 3.58. The molecular weight excluding hydrogens is 326 g/mol. The summed E-state index contributed by atoms with van der Waals surface area (Å²) in [4.78, 5) is 4.65. The number of halogens is 2. The van der Waals surface area contributed by atoms with Gasteiger partial charge in [0.05, 0.1) is 16.4 Å². The van der Waals surface area contributed by atoms with Gasteiger partial charge in [0.25, 0.3) is 6.71 Å². The minimum absolute atomic E-state index is 0.132. The van der Waals surface area contributed by atoms with Crippen LogP contribution in [0.15, 0.2) is 16.7 Å². The number of nitrogens with zero attached hydrogens (tertiary/aromatic N) is 4. The van der Waals surface area contributed by atoms with E-state index in [4.69, 9.17) is 16.9 Å². The van der Waals surface area contributed by atoms with Gasteiger partial charge in [-0.15, -0.1) is 0 Å². The van der Waals surface area contributed by atoms with Gasteiger partial charge in [-0.1, -0.05) is 30.7 Å². The Morgan fingerprint density at radius 1 is 1.58 bits per heavy atom. The van der Waals surface area contributed by atoms with Crippen LogP contribution in [0, 0.1) is 11.2 Å². The highest BCUT2D eigenvalue weighted by molar-refractivity contribution is 9.10. The SMILES string of the molecule is N#CB1CCCC(c2nc3ccnn3c(Cl)c2Br)C1. The molecule has 0 saturated carbocycles. The molecule has 1 aliphatic rings. The summed E-state index contributed by atoms with van der Waals surface area (Å²) in [7, 11) is 0. The monoisotopic (exact) mass is 336 g/mol. The van der Waals surface area contributed by atoms with Crippen molar-refractivity contribution in [2.45, 2.75) is 31.4 Å². The molecule has 0 bridgehead atoms. The molecule has 0 N–H and O–H groups in total. The van der Waals surface area contributed by atoms with Crippen LogP contribution < -0.4 is 0 Å². The van der Waals surface area contributed by atoms with Crippen LogP contribution in [-0.2, 0) is 0 Å². The molecule has 0 amide bonds. The summed E-state index contributed by atoms with van der Waals surface area (Å²) in [5.41, 5.74) is 1.71. The smallest absolute Gasteiger partial charge is 0.232 e. The highest BCUT2D eigenvalue weighted by atomic mass is 79.9. The summed E-state index contributed by atoms with van der Waals surface area (Å²) in [5, 5.41) is 13.8. The Balaban J connectivity index is 2.04. The molecule has 0 spiro atoms. The summed E-state index contributed by atoms with van der Waals surface area (Å²) in [6, 6.07) is 1.84. The molecule has 19 heavy (non-hydrogen) atoms. The fourth-order valence-corrected chi connectivity index (χ4v) is 3.54. The lowest BCUT2D eigenvalue weighted by atomic mass is 9.41. The highest BCUT2D eigenvalue weighted by Gasteiger charge is 2.29. The Morgan fingerprint density at radius 2 is 2.42 bits per heavy atom. The van der Waals surface area contributed by atoms with Crippen molar-refractivity contribution in [1.82, 2.24) is 14.6 Å². The lowest BCUT2D eigenvalue weighted by Gasteiger charge is -2.24. The van der Waals surface area contributed by atoms with Gasteiger partial charge in [0.2, 0.25) is 0 Å². The average Bonchev–Trinajstić information content (AvgIpc) is 2.91. The second kappa shape index (κ2) is 5.14. The van der Waals surface area contributed by atoms with E-state index in [9.17, 15) is 0 Å². The third-order valence-electron chi connectivity index (χ3n) is 3.69. The van der Waals surface area contributed by atoms with Crippen molar-refractivity contribution in [1.29, 1.82) is 5.26 Å². The van der Waals surface area contributed by atoms with E-state index in [1.165, 1.54) is 0 Å². The maximum Gasteiger partial charge on any atom is 0.268 e. The van der Waals surface area contributed by atoms with Gasteiger partial charge in [0, 0.05) is 12.0 Å². The molecule has 0 radical (unpaired) electrons. The molecule has 7 heteroatoms. The molecule has 3 heterocycles. The van der Waals surface area contributed by atoms with Gasteiger partial charge in [-0.05, 0) is 28.3 Å². The zero-order valence-corrected chi connectivity index (χ0v) is 12.5. The molecular formula is C12H11BBrClN4. The van der Waals surface area contributed by atoms with Crippen LogP contribution in [-0.4, -0.2) is 21.3 Å². The van der Waals surface area contributed by atoms with E-state index in [1.807, 2.05) is 6.07 Å². The first-order valence-electron chi connectivity index (χ1n) is 6.29. The number of aromatic nitrogens is 3. The zero-order chi connectivity index (χ0) is 13.4. The van der Waals surface area contributed by atoms with Crippen molar-refractivity contribution in [2.24, 2.45) is 0 Å². The average molecular weight is 337 g/mol. The predicted molar refractivity (Wildman–Crippen MR) is 78.7 cm³/mol. The van der Waals surface area contributed by atoms with Crippen LogP contribution >= 0.6 is 27.5 Å². The molecule has 1 unspecified atom stereocenters. The van der Waals surface area contributed by atoms with Gasteiger partial charge in [-0.3, -0.25) is 0 Å². The first-order chi connectivity index (χ1) is 9.20. The molecule has 2 aromatic rings. The molecule has 0 aromatic carbocycles. The Labute approximate surface area is 125 Å². The Kier molecular flexibility index (Phi) is 3.51. The van der Waals surface area contributed by atoms with Crippen molar-refractivity contribution in [3.8, 4) is 5.97 Å². The van der Waals surface area contributed by atoms with Crippen molar-refractivity contribution in [2.75, 3.05) is 0 Å². The molecule has 0 aliphatic carbocycles. The minimum atomic E-state index is 0.132. The quantitative estimate of drug-likeness (QED) is 0.590. The number of fused-ring (bicyclic) bond motifs is 1. The Hall–Kier alpha value is -1.06. The third-order valence-corrected chi connectivity index (χ3v) is 5.05. The topological polar surface area (TPSA) is 54.0 Å². The first-order valence-corrected chi connectivity index (χ1v) is 7.46. The lowest BCUT2D eigenvalue weighted by Crippen LogP contribution is -2.21. The fraction of sp³-hybridized carbons (Fsp3) is 0.417. The van der Waals surface area contributed by atoms with Crippen molar-refractivity contribution in [3.63, 3.8) is 0 Å². The first kappa shape index (κ1) is 13.0. The fourth-order valence-electron chi connectivity index (χ4n) is 2.73. The van der Waals surface area contributed by atoms with Gasteiger partial charge in [0.1, 0.15) is 5.15 Å². The molecule has 1 fully saturated rings. The molecule has 3 rings (SSSR count). The van der Waals surface area contributed by atoms with Crippen LogP contribution in [0.4, 0.5) is 0 Å². The highest BCUT2D eigenvalue weighted by Crippen LogP contribution is 2.38.